The lowest BCUT2D eigenvalue weighted by atomic mass is 9.81. The van der Waals surface area contributed by atoms with Crippen LogP contribution >= 0.6 is 0 Å². The Labute approximate surface area is 305 Å². The Balaban J connectivity index is 1.78. The van der Waals surface area contributed by atoms with Crippen LogP contribution in [0, 0.1) is 5.92 Å². The third kappa shape index (κ3) is 11.0. The smallest absolute Gasteiger partial charge is 0.410 e. The number of aliphatic hydroxyl groups excluding tert-OH is 1. The molecule has 2 fully saturated rings. The number of urea groups is 1. The number of methoxy groups -OCH3 is 2. The molecular weight excluding hydrogens is 674 g/mol. The number of H-pyrrole nitrogens is 1. The number of carbonyl (C=O) groups is 4. The first kappa shape index (κ1) is 40.4. The van der Waals surface area contributed by atoms with Gasteiger partial charge >= 0.3 is 12.1 Å². The zero-order chi connectivity index (χ0) is 37.6. The van der Waals surface area contributed by atoms with Crippen molar-refractivity contribution in [3.05, 3.63) is 48.0 Å². The number of primary amides is 1. The van der Waals surface area contributed by atoms with Crippen LogP contribution in [0.3, 0.4) is 0 Å². The molecule has 5 amide bonds. The second kappa shape index (κ2) is 20.0. The summed E-state index contributed by atoms with van der Waals surface area (Å²) in [6.07, 6.45) is 5.28. The first-order valence-corrected chi connectivity index (χ1v) is 18.0. The third-order valence-corrected chi connectivity index (χ3v) is 9.92. The Morgan fingerprint density at radius 2 is 1.88 bits per heavy atom. The van der Waals surface area contributed by atoms with Crippen molar-refractivity contribution in [3.8, 4) is 5.75 Å². The van der Waals surface area contributed by atoms with Crippen molar-refractivity contribution in [1.82, 2.24) is 30.0 Å². The number of likely N-dealkylation sites (N-methyl/N-ethyl adjacent to an activating group) is 2. The molecule has 1 aliphatic carbocycles. The molecule has 1 aromatic heterocycles. The highest BCUT2D eigenvalue weighted by Crippen LogP contribution is 2.33. The fourth-order valence-corrected chi connectivity index (χ4v) is 6.97. The second-order valence-corrected chi connectivity index (χ2v) is 13.5. The number of benzene rings is 1. The van der Waals surface area contributed by atoms with Gasteiger partial charge in [-0.25, -0.2) is 14.6 Å². The van der Waals surface area contributed by atoms with Gasteiger partial charge in [0.25, 0.3) is 0 Å². The maximum Gasteiger partial charge on any atom is 0.410 e. The van der Waals surface area contributed by atoms with Crippen LogP contribution in [-0.4, -0.2) is 138 Å². The van der Waals surface area contributed by atoms with Crippen molar-refractivity contribution < 1.29 is 43.2 Å². The molecule has 288 valence electrons. The lowest BCUT2D eigenvalue weighted by Gasteiger charge is -2.43. The molecule has 1 saturated heterocycles. The summed E-state index contributed by atoms with van der Waals surface area (Å²) in [5.41, 5.74) is 7.38. The zero-order valence-corrected chi connectivity index (χ0v) is 30.7. The number of nitrogens with two attached hydrogens (primary N) is 1. The maximum absolute atomic E-state index is 15.3. The number of cyclic esters (lactones) is 1. The molecule has 2 aromatic rings. The van der Waals surface area contributed by atoms with Crippen molar-refractivity contribution in [1.29, 1.82) is 0 Å². The Kier molecular flexibility index (Phi) is 15.5. The van der Waals surface area contributed by atoms with Gasteiger partial charge in [-0.3, -0.25) is 9.59 Å². The number of hydrogen-bond donors (Lipinski definition) is 4. The van der Waals surface area contributed by atoms with Crippen LogP contribution in [0.5, 0.6) is 5.75 Å². The van der Waals surface area contributed by atoms with E-state index in [0.717, 1.165) is 32.1 Å². The summed E-state index contributed by atoms with van der Waals surface area (Å²) in [6, 6.07) is 3.08. The standard InChI is InChI=1S/C36H55N7O9/c1-5-42-21-31(52-36(42)48)32(44)29(18-24-9-7-6-8-10-24)43(30(33(37)45)19-26-20-38-22-39-26)34(46)28(17-25-11-13-27(50-4)14-12-25)40-35(47)41(2)15-16-51-23-49-3/h11-14,20,22,24,28-32,44H,5-10,15-19,21,23H2,1-4H3,(H2,37,45)(H,38,39)(H,40,47)/t28-,29-,30-,31-,32+/m0/s1. The van der Waals surface area contributed by atoms with Crippen LogP contribution < -0.4 is 15.8 Å². The minimum atomic E-state index is -1.37. The molecule has 1 aliphatic heterocycles. The van der Waals surface area contributed by atoms with Gasteiger partial charge in [0.2, 0.25) is 11.8 Å². The highest BCUT2D eigenvalue weighted by molar-refractivity contribution is 5.92. The fourth-order valence-electron chi connectivity index (χ4n) is 6.97. The number of aromatic nitrogens is 2. The quantitative estimate of drug-likeness (QED) is 0.115. The fraction of sp³-hybridized carbons (Fsp3) is 0.639. The number of nitrogens with one attached hydrogen (secondary N) is 2. The summed E-state index contributed by atoms with van der Waals surface area (Å²) in [5, 5.41) is 15.1. The van der Waals surface area contributed by atoms with E-state index >= 15 is 4.79 Å². The molecule has 16 heteroatoms. The molecule has 5 atom stereocenters. The van der Waals surface area contributed by atoms with Crippen LogP contribution in [0.25, 0.3) is 0 Å². The first-order chi connectivity index (χ1) is 25.1. The minimum Gasteiger partial charge on any atom is -0.497 e. The molecule has 52 heavy (non-hydrogen) atoms. The zero-order valence-electron chi connectivity index (χ0n) is 30.7. The Morgan fingerprint density at radius 3 is 2.48 bits per heavy atom. The van der Waals surface area contributed by atoms with Crippen LogP contribution in [-0.2, 0) is 36.6 Å². The number of nitrogens with zero attached hydrogens (tertiary/aromatic N) is 4. The number of imidazole rings is 1. The van der Waals surface area contributed by atoms with E-state index in [1.54, 1.807) is 44.6 Å². The van der Waals surface area contributed by atoms with E-state index in [0.29, 0.717) is 30.0 Å². The lowest BCUT2D eigenvalue weighted by Crippen LogP contribution is -2.64. The number of hydrogen-bond acceptors (Lipinski definition) is 10. The number of rotatable bonds is 20. The van der Waals surface area contributed by atoms with Gasteiger partial charge in [-0.15, -0.1) is 0 Å². The molecule has 0 unspecified atom stereocenters. The predicted octanol–water partition coefficient (Wildman–Crippen LogP) is 2.06. The molecule has 4 rings (SSSR count). The van der Waals surface area contributed by atoms with Gasteiger partial charge in [-0.05, 0) is 37.0 Å². The van der Waals surface area contributed by atoms with E-state index in [1.807, 2.05) is 6.92 Å². The van der Waals surface area contributed by atoms with Gasteiger partial charge < -0.3 is 54.8 Å². The molecule has 0 radical (unpaired) electrons. The van der Waals surface area contributed by atoms with Gasteiger partial charge in [0.15, 0.2) is 0 Å². The van der Waals surface area contributed by atoms with E-state index in [2.05, 4.69) is 15.3 Å². The van der Waals surface area contributed by atoms with E-state index in [1.165, 1.54) is 28.1 Å². The van der Waals surface area contributed by atoms with Gasteiger partial charge in [-0.1, -0.05) is 44.2 Å². The average Bonchev–Trinajstić information content (AvgIpc) is 3.81. The summed E-state index contributed by atoms with van der Waals surface area (Å²) >= 11 is 0. The van der Waals surface area contributed by atoms with Crippen molar-refractivity contribution in [3.63, 3.8) is 0 Å². The Hall–Kier alpha value is -4.41. The molecular formula is C36H55N7O9. The minimum absolute atomic E-state index is 0.0273. The van der Waals surface area contributed by atoms with E-state index in [9.17, 15) is 19.5 Å². The number of aromatic amines is 1. The van der Waals surface area contributed by atoms with Crippen LogP contribution in [0.4, 0.5) is 9.59 Å². The highest BCUT2D eigenvalue weighted by atomic mass is 16.7. The summed E-state index contributed by atoms with van der Waals surface area (Å²) < 4.78 is 21.3. The van der Waals surface area contributed by atoms with Crippen molar-refractivity contribution in [2.24, 2.45) is 11.7 Å². The number of aliphatic hydroxyl groups is 1. The summed E-state index contributed by atoms with van der Waals surface area (Å²) in [4.78, 5) is 66.4. The van der Waals surface area contributed by atoms with Crippen molar-refractivity contribution in [2.45, 2.75) is 88.6 Å². The molecule has 2 aliphatic rings. The highest BCUT2D eigenvalue weighted by Gasteiger charge is 2.47. The van der Waals surface area contributed by atoms with Gasteiger partial charge in [0.05, 0.1) is 32.6 Å². The van der Waals surface area contributed by atoms with Gasteiger partial charge in [0, 0.05) is 52.0 Å². The van der Waals surface area contributed by atoms with E-state index < -0.39 is 54.3 Å². The molecule has 1 saturated carbocycles. The molecule has 2 heterocycles. The average molecular weight is 730 g/mol. The molecule has 1 aromatic carbocycles. The normalized spacial score (nSPS) is 18.6. The molecule has 0 spiro atoms. The number of amides is 5. The second-order valence-electron chi connectivity index (χ2n) is 13.5. The maximum atomic E-state index is 15.3. The van der Waals surface area contributed by atoms with Crippen LogP contribution in [0.1, 0.15) is 56.7 Å². The van der Waals surface area contributed by atoms with Crippen LogP contribution in [0.15, 0.2) is 36.8 Å². The van der Waals surface area contributed by atoms with E-state index in [4.69, 9.17) is 24.7 Å². The largest absolute Gasteiger partial charge is 0.497 e. The number of ether oxygens (including phenoxy) is 4. The third-order valence-electron chi connectivity index (χ3n) is 9.92. The predicted molar refractivity (Wildman–Crippen MR) is 190 cm³/mol. The molecule has 0 bridgehead atoms. The Morgan fingerprint density at radius 1 is 1.15 bits per heavy atom. The van der Waals surface area contributed by atoms with Crippen molar-refractivity contribution >= 4 is 23.9 Å². The molecule has 16 nitrogen and oxygen atoms in total. The van der Waals surface area contributed by atoms with E-state index in [-0.39, 0.29) is 45.2 Å². The monoisotopic (exact) mass is 729 g/mol. The van der Waals surface area contributed by atoms with Gasteiger partial charge in [-0.2, -0.15) is 0 Å². The molecule has 5 N–H and O–H groups in total. The Bertz CT molecular complexity index is 1420. The summed E-state index contributed by atoms with van der Waals surface area (Å²) in [7, 11) is 4.62. The number of carbonyl (C=O) groups excluding carboxylic acids is 4. The van der Waals surface area contributed by atoms with Crippen molar-refractivity contribution in [2.75, 3.05) is 54.3 Å². The van der Waals surface area contributed by atoms with Crippen LogP contribution in [0.2, 0.25) is 0 Å². The summed E-state index contributed by atoms with van der Waals surface area (Å²) in [6.45, 7) is 2.76. The topological polar surface area (TPSA) is 202 Å². The first-order valence-electron chi connectivity index (χ1n) is 18.0. The summed E-state index contributed by atoms with van der Waals surface area (Å²) in [5.74, 6) is -0.682. The SMILES string of the molecule is CCN1C[C@@H]([C@H](O)[C@H](CC2CCCCC2)N(C(=O)[C@H](Cc2ccc(OC)cc2)NC(=O)N(C)CCOCOC)[C@@H](Cc2cnc[nH]2)C(N)=O)OC1=O. The lowest BCUT2D eigenvalue weighted by molar-refractivity contribution is -0.150. The van der Waals surface area contributed by atoms with Gasteiger partial charge in [0.1, 0.15) is 36.8 Å².